The molecule has 0 saturated heterocycles. The molecule has 0 saturated carbocycles. The van der Waals surface area contributed by atoms with Crippen LogP contribution in [0.4, 0.5) is 28.4 Å². The highest BCUT2D eigenvalue weighted by molar-refractivity contribution is 5.87. The minimum absolute atomic E-state index is 0.0519. The van der Waals surface area contributed by atoms with Gasteiger partial charge in [0.25, 0.3) is 0 Å². The fourth-order valence-electron chi connectivity index (χ4n) is 7.19. The van der Waals surface area contributed by atoms with Gasteiger partial charge in [-0.05, 0) is 85.2 Å². The molecule has 0 N–H and O–H groups in total. The van der Waals surface area contributed by atoms with Crippen molar-refractivity contribution in [2.24, 2.45) is 4.99 Å². The topological polar surface area (TPSA) is 18.8 Å². The predicted molar refractivity (Wildman–Crippen MR) is 169 cm³/mol. The summed E-state index contributed by atoms with van der Waals surface area (Å²) in [6, 6.07) is 34.0. The first kappa shape index (κ1) is 24.9. The molecule has 3 nitrogen and oxygen atoms in total. The lowest BCUT2D eigenvalue weighted by Crippen LogP contribution is -2.60. The van der Waals surface area contributed by atoms with Crippen LogP contribution in [0.2, 0.25) is 0 Å². The van der Waals surface area contributed by atoms with Gasteiger partial charge in [-0.15, -0.1) is 0 Å². The first-order valence-electron chi connectivity index (χ1n) is 14.4. The van der Waals surface area contributed by atoms with Crippen molar-refractivity contribution in [1.82, 2.24) is 0 Å². The summed E-state index contributed by atoms with van der Waals surface area (Å²) >= 11 is 0. The number of benzene rings is 4. The average Bonchev–Trinajstić information content (AvgIpc) is 2.95. The van der Waals surface area contributed by atoms with Crippen LogP contribution in [-0.2, 0) is 10.8 Å². The van der Waals surface area contributed by atoms with E-state index in [4.69, 9.17) is 4.99 Å². The van der Waals surface area contributed by atoms with E-state index in [2.05, 4.69) is 155 Å². The Balaban J connectivity index is 1.46. The third-order valence-corrected chi connectivity index (χ3v) is 9.47. The Morgan fingerprint density at radius 1 is 0.675 bits per heavy atom. The fraction of sp³-hybridized carbons (Fsp3) is 0.270. The average molecular weight is 524 g/mol. The summed E-state index contributed by atoms with van der Waals surface area (Å²) in [5, 5.41) is 0. The van der Waals surface area contributed by atoms with Crippen LogP contribution in [0, 0.1) is 13.8 Å². The minimum atomic E-state index is -0.156. The summed E-state index contributed by atoms with van der Waals surface area (Å²) in [5.41, 5.74) is 12.6. The normalized spacial score (nSPS) is 21.1. The van der Waals surface area contributed by atoms with Gasteiger partial charge in [0.1, 0.15) is 0 Å². The van der Waals surface area contributed by atoms with Crippen LogP contribution in [0.5, 0.6) is 0 Å². The van der Waals surface area contributed by atoms with Gasteiger partial charge in [-0.25, -0.2) is 0 Å². The number of aliphatic imine (C=N–C) groups is 1. The maximum atomic E-state index is 5.18. The molecule has 0 aromatic heterocycles. The molecule has 0 spiro atoms. The van der Waals surface area contributed by atoms with E-state index in [0.717, 1.165) is 11.4 Å². The predicted octanol–water partition coefficient (Wildman–Crippen LogP) is 9.24. The van der Waals surface area contributed by atoms with E-state index in [1.807, 2.05) is 0 Å². The SMILES string of the molecule is Cc1ccc(N(c2ccc(C)cc2)c2ccc3c(c2)C(C)(C)C2N=CC=C4C2N3c2ccccc2C4(C)C)cc1. The van der Waals surface area contributed by atoms with Crippen molar-refractivity contribution < 1.29 is 0 Å². The van der Waals surface area contributed by atoms with Gasteiger partial charge in [-0.1, -0.05) is 81.3 Å². The highest BCUT2D eigenvalue weighted by atomic mass is 15.2. The van der Waals surface area contributed by atoms with Gasteiger partial charge < -0.3 is 9.80 Å². The van der Waals surface area contributed by atoms with Crippen LogP contribution >= 0.6 is 0 Å². The number of aryl methyl sites for hydroxylation is 2. The zero-order chi connectivity index (χ0) is 27.8. The Morgan fingerprint density at radius 2 is 1.25 bits per heavy atom. The van der Waals surface area contributed by atoms with Crippen molar-refractivity contribution in [3.8, 4) is 0 Å². The first-order valence-corrected chi connectivity index (χ1v) is 14.4. The molecular formula is C37H37N3. The molecule has 2 unspecified atom stereocenters. The lowest BCUT2D eigenvalue weighted by atomic mass is 9.61. The van der Waals surface area contributed by atoms with Gasteiger partial charge in [0, 0.05) is 45.5 Å². The van der Waals surface area contributed by atoms with E-state index in [1.54, 1.807) is 0 Å². The third kappa shape index (κ3) is 3.53. The van der Waals surface area contributed by atoms with E-state index in [9.17, 15) is 0 Å². The third-order valence-electron chi connectivity index (χ3n) is 9.47. The summed E-state index contributed by atoms with van der Waals surface area (Å²) < 4.78 is 0. The lowest BCUT2D eigenvalue weighted by molar-refractivity contribution is 0.330. The fourth-order valence-corrected chi connectivity index (χ4v) is 7.19. The van der Waals surface area contributed by atoms with E-state index < -0.39 is 0 Å². The Labute approximate surface area is 238 Å². The molecule has 200 valence electrons. The van der Waals surface area contributed by atoms with Crippen molar-refractivity contribution in [2.75, 3.05) is 9.80 Å². The highest BCUT2D eigenvalue weighted by Crippen LogP contribution is 2.57. The van der Waals surface area contributed by atoms with Crippen molar-refractivity contribution in [3.63, 3.8) is 0 Å². The van der Waals surface area contributed by atoms with Crippen LogP contribution in [0.15, 0.2) is 108 Å². The van der Waals surface area contributed by atoms with Gasteiger partial charge in [-0.2, -0.15) is 0 Å². The molecule has 7 rings (SSSR count). The van der Waals surface area contributed by atoms with Crippen LogP contribution in [0.1, 0.15) is 49.9 Å². The molecule has 3 aliphatic rings. The Morgan fingerprint density at radius 3 is 1.90 bits per heavy atom. The number of nitrogens with zero attached hydrogens (tertiary/aromatic N) is 3. The number of dihydropyridines is 1. The van der Waals surface area contributed by atoms with Crippen LogP contribution in [0.3, 0.4) is 0 Å². The number of allylic oxidation sites excluding steroid dienone is 1. The van der Waals surface area contributed by atoms with E-state index >= 15 is 0 Å². The standard InChI is InChI=1S/C37H37N3/c1-24-11-15-26(16-12-24)39(27-17-13-25(2)14-18-27)28-19-20-33-31(23-28)37(5,6)35-34-30(21-22-38-35)36(3,4)29-9-7-8-10-32(29)40(33)34/h7-23,34-35H,1-6H3. The molecule has 0 fully saturated rings. The second-order valence-corrected chi connectivity index (χ2v) is 12.8. The number of hydrogen-bond acceptors (Lipinski definition) is 3. The van der Waals surface area contributed by atoms with E-state index in [1.165, 1.54) is 44.9 Å². The number of hydrogen-bond donors (Lipinski definition) is 0. The number of para-hydroxylation sites is 1. The summed E-state index contributed by atoms with van der Waals surface area (Å²) in [7, 11) is 0. The smallest absolute Gasteiger partial charge is 0.0837 e. The van der Waals surface area contributed by atoms with E-state index in [-0.39, 0.29) is 22.9 Å². The molecule has 40 heavy (non-hydrogen) atoms. The molecule has 3 heterocycles. The first-order chi connectivity index (χ1) is 19.2. The van der Waals surface area contributed by atoms with Gasteiger partial charge in [-0.3, -0.25) is 4.99 Å². The zero-order valence-electron chi connectivity index (χ0n) is 24.3. The molecule has 0 amide bonds. The summed E-state index contributed by atoms with van der Waals surface area (Å²) in [6.45, 7) is 13.8. The molecule has 4 aromatic rings. The Bertz CT molecular complexity index is 1630. The van der Waals surface area contributed by atoms with Crippen molar-refractivity contribution in [2.45, 2.75) is 64.5 Å². The number of fused-ring (bicyclic) bond motifs is 4. The zero-order valence-corrected chi connectivity index (χ0v) is 24.3. The van der Waals surface area contributed by atoms with Crippen molar-refractivity contribution >= 4 is 34.7 Å². The van der Waals surface area contributed by atoms with Crippen LogP contribution < -0.4 is 9.80 Å². The van der Waals surface area contributed by atoms with Crippen LogP contribution in [0.25, 0.3) is 0 Å². The molecule has 0 aliphatic carbocycles. The molecule has 2 atom stereocenters. The van der Waals surface area contributed by atoms with Gasteiger partial charge >= 0.3 is 0 Å². The largest absolute Gasteiger partial charge is 0.331 e. The van der Waals surface area contributed by atoms with Crippen LogP contribution in [-0.4, -0.2) is 18.3 Å². The molecular weight excluding hydrogens is 486 g/mol. The minimum Gasteiger partial charge on any atom is -0.331 e. The lowest BCUT2D eigenvalue weighted by Gasteiger charge is -2.57. The highest BCUT2D eigenvalue weighted by Gasteiger charge is 2.54. The quantitative estimate of drug-likeness (QED) is 0.266. The van der Waals surface area contributed by atoms with Gasteiger partial charge in [0.15, 0.2) is 0 Å². The summed E-state index contributed by atoms with van der Waals surface area (Å²) in [6.07, 6.45) is 4.34. The van der Waals surface area contributed by atoms with Gasteiger partial charge in [0.2, 0.25) is 0 Å². The molecule has 4 aromatic carbocycles. The maximum Gasteiger partial charge on any atom is 0.0837 e. The Kier molecular flexibility index (Phi) is 5.41. The summed E-state index contributed by atoms with van der Waals surface area (Å²) in [5.74, 6) is 0. The molecule has 0 bridgehead atoms. The second-order valence-electron chi connectivity index (χ2n) is 12.8. The number of rotatable bonds is 3. The van der Waals surface area contributed by atoms with Gasteiger partial charge in [0.05, 0.1) is 12.1 Å². The molecule has 3 heteroatoms. The second kappa shape index (κ2) is 8.69. The number of anilines is 5. The molecule has 3 aliphatic heterocycles. The monoisotopic (exact) mass is 523 g/mol. The Hall–Kier alpha value is -4.11. The van der Waals surface area contributed by atoms with Crippen molar-refractivity contribution in [3.05, 3.63) is 125 Å². The molecule has 0 radical (unpaired) electrons. The van der Waals surface area contributed by atoms with Crippen molar-refractivity contribution in [1.29, 1.82) is 0 Å². The maximum absolute atomic E-state index is 5.18. The van der Waals surface area contributed by atoms with E-state index in [0.29, 0.717) is 0 Å². The summed E-state index contributed by atoms with van der Waals surface area (Å²) in [4.78, 5) is 10.1.